The third-order valence-corrected chi connectivity index (χ3v) is 3.28. The van der Waals surface area contributed by atoms with E-state index in [0.29, 0.717) is 13.1 Å². The molecule has 1 saturated heterocycles. The summed E-state index contributed by atoms with van der Waals surface area (Å²) in [4.78, 5) is 29.0. The van der Waals surface area contributed by atoms with Gasteiger partial charge in [0, 0.05) is 47.4 Å². The highest BCUT2D eigenvalue weighted by atomic mass is 16.5. The Bertz CT molecular complexity index is 299. The summed E-state index contributed by atoms with van der Waals surface area (Å²) >= 11 is 0. The molecule has 1 aliphatic rings. The molecule has 0 bridgehead atoms. The molecule has 0 aromatic rings. The number of hydrogen-bond donors (Lipinski definition) is 0. The average molecular weight is 257 g/mol. The highest BCUT2D eigenvalue weighted by Crippen LogP contribution is 2.08. The Morgan fingerprint density at radius 3 is 2.22 bits per heavy atom. The van der Waals surface area contributed by atoms with Crippen LogP contribution >= 0.6 is 0 Å². The van der Waals surface area contributed by atoms with Gasteiger partial charge in [-0.15, -0.1) is 0 Å². The van der Waals surface area contributed by atoms with E-state index in [1.54, 1.807) is 23.9 Å². The third-order valence-electron chi connectivity index (χ3n) is 3.28. The second kappa shape index (κ2) is 6.70. The van der Waals surface area contributed by atoms with E-state index in [9.17, 15) is 9.59 Å². The number of likely N-dealkylation sites (N-methyl/N-ethyl adjacent to an activating group) is 1. The summed E-state index contributed by atoms with van der Waals surface area (Å²) in [6, 6.07) is -0.125. The molecule has 0 aliphatic carbocycles. The Morgan fingerprint density at radius 1 is 1.22 bits per heavy atom. The molecule has 0 spiro atoms. The van der Waals surface area contributed by atoms with Crippen LogP contribution < -0.4 is 0 Å². The van der Waals surface area contributed by atoms with Crippen LogP contribution in [0.15, 0.2) is 0 Å². The van der Waals surface area contributed by atoms with Crippen LogP contribution in [0.1, 0.15) is 6.92 Å². The number of carbonyl (C=O) groups excluding carboxylic acids is 2. The first-order valence-corrected chi connectivity index (χ1v) is 6.19. The number of rotatable bonds is 4. The summed E-state index contributed by atoms with van der Waals surface area (Å²) in [6.07, 6.45) is 0. The van der Waals surface area contributed by atoms with E-state index < -0.39 is 0 Å². The second-order valence-electron chi connectivity index (χ2n) is 4.76. The SMILES string of the molecule is COCC(=O)N1CCN(C(C)C(=O)N(C)C)CC1. The van der Waals surface area contributed by atoms with Crippen LogP contribution in [0.3, 0.4) is 0 Å². The molecule has 1 atom stereocenters. The van der Waals surface area contributed by atoms with Crippen LogP contribution in [-0.2, 0) is 14.3 Å². The Labute approximate surface area is 108 Å². The molecule has 1 heterocycles. The molecule has 0 saturated carbocycles. The Balaban J connectivity index is 2.44. The highest BCUT2D eigenvalue weighted by Gasteiger charge is 2.27. The summed E-state index contributed by atoms with van der Waals surface area (Å²) < 4.78 is 4.84. The minimum Gasteiger partial charge on any atom is -0.375 e. The van der Waals surface area contributed by atoms with Crippen molar-refractivity contribution < 1.29 is 14.3 Å². The first kappa shape index (κ1) is 14.9. The Morgan fingerprint density at radius 2 is 1.78 bits per heavy atom. The second-order valence-corrected chi connectivity index (χ2v) is 4.76. The largest absolute Gasteiger partial charge is 0.375 e. The van der Waals surface area contributed by atoms with Crippen LogP contribution in [0.25, 0.3) is 0 Å². The van der Waals surface area contributed by atoms with E-state index in [-0.39, 0.29) is 24.5 Å². The first-order chi connectivity index (χ1) is 8.47. The highest BCUT2D eigenvalue weighted by molar-refractivity contribution is 5.81. The molecule has 1 unspecified atom stereocenters. The van der Waals surface area contributed by atoms with E-state index in [4.69, 9.17) is 4.74 Å². The van der Waals surface area contributed by atoms with Crippen LogP contribution in [0, 0.1) is 0 Å². The Hall–Kier alpha value is -1.14. The zero-order valence-corrected chi connectivity index (χ0v) is 11.7. The van der Waals surface area contributed by atoms with Crippen molar-refractivity contribution in [3.8, 4) is 0 Å². The standard InChI is InChI=1S/C12H23N3O3/c1-10(12(17)13(2)3)14-5-7-15(8-6-14)11(16)9-18-4/h10H,5-9H2,1-4H3. The van der Waals surface area contributed by atoms with E-state index in [2.05, 4.69) is 4.90 Å². The fraction of sp³-hybridized carbons (Fsp3) is 0.833. The van der Waals surface area contributed by atoms with Gasteiger partial charge in [-0.25, -0.2) is 0 Å². The van der Waals surface area contributed by atoms with Crippen molar-refractivity contribution in [2.75, 3.05) is 54.0 Å². The first-order valence-electron chi connectivity index (χ1n) is 6.19. The summed E-state index contributed by atoms with van der Waals surface area (Å²) in [6.45, 7) is 4.83. The lowest BCUT2D eigenvalue weighted by Gasteiger charge is -2.38. The third kappa shape index (κ3) is 3.68. The number of nitrogens with zero attached hydrogens (tertiary/aromatic N) is 3. The molecule has 1 rings (SSSR count). The number of methoxy groups -OCH3 is 1. The van der Waals surface area contributed by atoms with Gasteiger partial charge in [0.15, 0.2) is 0 Å². The molecule has 0 radical (unpaired) electrons. The lowest BCUT2D eigenvalue weighted by Crippen LogP contribution is -2.55. The van der Waals surface area contributed by atoms with Crippen LogP contribution in [-0.4, -0.2) is 86.5 Å². The lowest BCUT2D eigenvalue weighted by molar-refractivity contribution is -0.139. The fourth-order valence-electron chi connectivity index (χ4n) is 2.10. The van der Waals surface area contributed by atoms with Gasteiger partial charge in [-0.2, -0.15) is 0 Å². The summed E-state index contributed by atoms with van der Waals surface area (Å²) in [5.74, 6) is 0.121. The molecule has 2 amide bonds. The van der Waals surface area contributed by atoms with Crippen LogP contribution in [0.4, 0.5) is 0 Å². The van der Waals surface area contributed by atoms with Gasteiger partial charge in [0.2, 0.25) is 11.8 Å². The maximum atomic E-state index is 11.8. The predicted octanol–water partition coefficient (Wildman–Crippen LogP) is -0.746. The summed E-state index contributed by atoms with van der Waals surface area (Å²) in [5.41, 5.74) is 0. The normalized spacial score (nSPS) is 18.6. The topological polar surface area (TPSA) is 53.1 Å². The molecule has 6 heteroatoms. The molecule has 1 fully saturated rings. The number of amides is 2. The summed E-state index contributed by atoms with van der Waals surface area (Å²) in [5, 5.41) is 0. The fourth-order valence-corrected chi connectivity index (χ4v) is 2.10. The molecular formula is C12H23N3O3. The van der Waals surface area contributed by atoms with Gasteiger partial charge in [-0.05, 0) is 6.92 Å². The van der Waals surface area contributed by atoms with Crippen molar-refractivity contribution in [3.63, 3.8) is 0 Å². The van der Waals surface area contributed by atoms with Crippen molar-refractivity contribution in [2.24, 2.45) is 0 Å². The van der Waals surface area contributed by atoms with Gasteiger partial charge in [0.25, 0.3) is 0 Å². The molecule has 104 valence electrons. The quantitative estimate of drug-likeness (QED) is 0.665. The molecule has 6 nitrogen and oxygen atoms in total. The lowest BCUT2D eigenvalue weighted by atomic mass is 10.2. The maximum absolute atomic E-state index is 11.8. The number of hydrogen-bond acceptors (Lipinski definition) is 4. The molecular weight excluding hydrogens is 234 g/mol. The van der Waals surface area contributed by atoms with Crippen molar-refractivity contribution in [1.29, 1.82) is 0 Å². The van der Waals surface area contributed by atoms with Crippen LogP contribution in [0.2, 0.25) is 0 Å². The number of carbonyl (C=O) groups is 2. The van der Waals surface area contributed by atoms with E-state index in [0.717, 1.165) is 13.1 Å². The Kier molecular flexibility index (Phi) is 5.55. The van der Waals surface area contributed by atoms with E-state index in [1.807, 2.05) is 6.92 Å². The van der Waals surface area contributed by atoms with Crippen molar-refractivity contribution in [2.45, 2.75) is 13.0 Å². The van der Waals surface area contributed by atoms with Gasteiger partial charge >= 0.3 is 0 Å². The maximum Gasteiger partial charge on any atom is 0.248 e. The predicted molar refractivity (Wildman–Crippen MR) is 68.2 cm³/mol. The van der Waals surface area contributed by atoms with Gasteiger partial charge in [0.1, 0.15) is 6.61 Å². The monoisotopic (exact) mass is 257 g/mol. The number of ether oxygens (including phenoxy) is 1. The molecule has 1 aliphatic heterocycles. The van der Waals surface area contributed by atoms with Crippen molar-refractivity contribution in [1.82, 2.24) is 14.7 Å². The molecule has 0 aromatic heterocycles. The smallest absolute Gasteiger partial charge is 0.248 e. The van der Waals surface area contributed by atoms with Crippen molar-refractivity contribution in [3.05, 3.63) is 0 Å². The van der Waals surface area contributed by atoms with Gasteiger partial charge in [-0.3, -0.25) is 14.5 Å². The number of piperazine rings is 1. The molecule has 0 aromatic carbocycles. The molecule has 18 heavy (non-hydrogen) atoms. The zero-order chi connectivity index (χ0) is 13.7. The van der Waals surface area contributed by atoms with E-state index in [1.165, 1.54) is 7.11 Å². The minimum atomic E-state index is -0.125. The average Bonchev–Trinajstić information content (AvgIpc) is 2.37. The minimum absolute atomic E-state index is 0.0174. The summed E-state index contributed by atoms with van der Waals surface area (Å²) in [7, 11) is 5.04. The van der Waals surface area contributed by atoms with Gasteiger partial charge in [0.05, 0.1) is 6.04 Å². The van der Waals surface area contributed by atoms with Crippen LogP contribution in [0.5, 0.6) is 0 Å². The van der Waals surface area contributed by atoms with Gasteiger partial charge < -0.3 is 14.5 Å². The van der Waals surface area contributed by atoms with Crippen molar-refractivity contribution >= 4 is 11.8 Å². The zero-order valence-electron chi connectivity index (χ0n) is 11.7. The molecule has 0 N–H and O–H groups in total. The van der Waals surface area contributed by atoms with E-state index >= 15 is 0 Å². The van der Waals surface area contributed by atoms with Gasteiger partial charge in [-0.1, -0.05) is 0 Å².